The van der Waals surface area contributed by atoms with Crippen molar-refractivity contribution in [3.8, 4) is 11.5 Å². The van der Waals surface area contributed by atoms with Crippen molar-refractivity contribution >= 4 is 15.9 Å². The summed E-state index contributed by atoms with van der Waals surface area (Å²) < 4.78 is 37.6. The van der Waals surface area contributed by atoms with Gasteiger partial charge in [0.1, 0.15) is 0 Å². The van der Waals surface area contributed by atoms with Crippen molar-refractivity contribution < 1.29 is 22.7 Å². The second kappa shape index (κ2) is 8.31. The van der Waals surface area contributed by atoms with E-state index >= 15 is 0 Å². The summed E-state index contributed by atoms with van der Waals surface area (Å²) in [6, 6.07) is 4.57. The van der Waals surface area contributed by atoms with Crippen LogP contribution in [0.15, 0.2) is 35.2 Å². The summed E-state index contributed by atoms with van der Waals surface area (Å²) in [5, 5.41) is 0. The van der Waals surface area contributed by atoms with E-state index < -0.39 is 10.0 Å². The van der Waals surface area contributed by atoms with Crippen LogP contribution in [0.4, 0.5) is 0 Å². The molecule has 148 valence electrons. The second-order valence-electron chi connectivity index (χ2n) is 6.77. The van der Waals surface area contributed by atoms with Crippen LogP contribution in [0.25, 0.3) is 0 Å². The van der Waals surface area contributed by atoms with E-state index in [0.717, 1.165) is 12.8 Å². The zero-order valence-electron chi connectivity index (χ0n) is 15.8. The first-order chi connectivity index (χ1) is 13.0. The largest absolute Gasteiger partial charge is 0.493 e. The summed E-state index contributed by atoms with van der Waals surface area (Å²) in [6.07, 6.45) is 6.80. The monoisotopic (exact) mass is 394 g/mol. The van der Waals surface area contributed by atoms with Gasteiger partial charge in [0, 0.05) is 38.7 Å². The van der Waals surface area contributed by atoms with Crippen LogP contribution < -0.4 is 9.47 Å². The topological polar surface area (TPSA) is 76.2 Å². The first-order valence-corrected chi connectivity index (χ1v) is 10.6. The first-order valence-electron chi connectivity index (χ1n) is 9.12. The number of hydrogen-bond donors (Lipinski definition) is 0. The van der Waals surface area contributed by atoms with E-state index in [1.54, 1.807) is 11.0 Å². The third kappa shape index (κ3) is 4.27. The summed E-state index contributed by atoms with van der Waals surface area (Å²) in [4.78, 5) is 14.4. The number of carbonyl (C=O) groups is 1. The molecule has 8 heteroatoms. The lowest BCUT2D eigenvalue weighted by atomic mass is 10.0. The number of ether oxygens (including phenoxy) is 2. The van der Waals surface area contributed by atoms with Gasteiger partial charge in [-0.05, 0) is 30.9 Å². The Labute approximate surface area is 160 Å². The number of methoxy groups -OCH3 is 2. The van der Waals surface area contributed by atoms with E-state index in [-0.39, 0.29) is 10.8 Å². The minimum atomic E-state index is -3.64. The SMILES string of the molecule is COc1ccc(S(=O)(=O)N2CCN(C(=O)C[C@@H]3C=CCC3)CC2)cc1OC. The van der Waals surface area contributed by atoms with Crippen molar-refractivity contribution in [3.05, 3.63) is 30.4 Å². The lowest BCUT2D eigenvalue weighted by molar-refractivity contribution is -0.133. The van der Waals surface area contributed by atoms with Gasteiger partial charge < -0.3 is 14.4 Å². The van der Waals surface area contributed by atoms with E-state index in [1.165, 1.54) is 30.7 Å². The molecule has 1 aliphatic heterocycles. The standard InChI is InChI=1S/C19H26N2O5S/c1-25-17-8-7-16(14-18(17)26-2)27(23,24)21-11-9-20(10-12-21)19(22)13-15-5-3-4-6-15/h3,5,7-8,14-15H,4,6,9-13H2,1-2H3/t15-/m1/s1. The molecule has 0 saturated carbocycles. The van der Waals surface area contributed by atoms with Crippen molar-refractivity contribution in [2.75, 3.05) is 40.4 Å². The number of benzene rings is 1. The molecule has 1 aromatic rings. The van der Waals surface area contributed by atoms with Crippen LogP contribution in [0.2, 0.25) is 0 Å². The van der Waals surface area contributed by atoms with E-state index in [9.17, 15) is 13.2 Å². The number of sulfonamides is 1. The van der Waals surface area contributed by atoms with Crippen LogP contribution in [-0.2, 0) is 14.8 Å². The van der Waals surface area contributed by atoms with Gasteiger partial charge in [-0.15, -0.1) is 0 Å². The molecule has 0 unspecified atom stereocenters. The van der Waals surface area contributed by atoms with Gasteiger partial charge in [0.15, 0.2) is 11.5 Å². The Balaban J connectivity index is 1.64. The summed E-state index contributed by atoms with van der Waals surface area (Å²) in [5.41, 5.74) is 0. The van der Waals surface area contributed by atoms with Gasteiger partial charge in [-0.25, -0.2) is 8.42 Å². The molecule has 1 saturated heterocycles. The Bertz CT molecular complexity index is 813. The van der Waals surface area contributed by atoms with Crippen LogP contribution in [0, 0.1) is 5.92 Å². The van der Waals surface area contributed by atoms with Gasteiger partial charge in [-0.3, -0.25) is 4.79 Å². The zero-order chi connectivity index (χ0) is 19.4. The molecule has 2 aliphatic rings. The number of amides is 1. The highest BCUT2D eigenvalue weighted by Gasteiger charge is 2.31. The minimum absolute atomic E-state index is 0.106. The maximum absolute atomic E-state index is 12.9. The van der Waals surface area contributed by atoms with Gasteiger partial charge in [0.25, 0.3) is 0 Å². The van der Waals surface area contributed by atoms with Crippen LogP contribution in [0.3, 0.4) is 0 Å². The summed E-state index contributed by atoms with van der Waals surface area (Å²) in [6.45, 7) is 1.43. The average Bonchev–Trinajstić information content (AvgIpc) is 3.20. The highest BCUT2D eigenvalue weighted by molar-refractivity contribution is 7.89. The Morgan fingerprint density at radius 3 is 2.41 bits per heavy atom. The summed E-state index contributed by atoms with van der Waals surface area (Å²) in [5.74, 6) is 1.28. The van der Waals surface area contributed by atoms with Crippen molar-refractivity contribution in [2.24, 2.45) is 5.92 Å². The average molecular weight is 394 g/mol. The predicted octanol–water partition coefficient (Wildman–Crippen LogP) is 1.89. The van der Waals surface area contributed by atoms with Crippen LogP contribution in [-0.4, -0.2) is 63.9 Å². The Kier molecular flexibility index (Phi) is 6.06. The van der Waals surface area contributed by atoms with E-state index in [0.29, 0.717) is 50.0 Å². The molecule has 1 heterocycles. The number of nitrogens with zero attached hydrogens (tertiary/aromatic N) is 2. The van der Waals surface area contributed by atoms with Gasteiger partial charge in [-0.2, -0.15) is 4.31 Å². The zero-order valence-corrected chi connectivity index (χ0v) is 16.6. The van der Waals surface area contributed by atoms with Crippen LogP contribution >= 0.6 is 0 Å². The summed E-state index contributed by atoms with van der Waals surface area (Å²) >= 11 is 0. The smallest absolute Gasteiger partial charge is 0.243 e. The first kappa shape index (κ1) is 19.7. The van der Waals surface area contributed by atoms with E-state index in [4.69, 9.17) is 9.47 Å². The van der Waals surface area contributed by atoms with Gasteiger partial charge in [0.05, 0.1) is 19.1 Å². The third-order valence-corrected chi connectivity index (χ3v) is 7.03. The second-order valence-corrected chi connectivity index (χ2v) is 8.71. The number of piperazine rings is 1. The van der Waals surface area contributed by atoms with E-state index in [1.807, 2.05) is 0 Å². The molecule has 1 fully saturated rings. The van der Waals surface area contributed by atoms with Crippen molar-refractivity contribution in [1.82, 2.24) is 9.21 Å². The van der Waals surface area contributed by atoms with Crippen molar-refractivity contribution in [2.45, 2.75) is 24.2 Å². The van der Waals surface area contributed by atoms with Gasteiger partial charge in [-0.1, -0.05) is 12.2 Å². The molecule has 1 atom stereocenters. The molecule has 1 aromatic carbocycles. The fourth-order valence-electron chi connectivity index (χ4n) is 3.52. The molecule has 7 nitrogen and oxygen atoms in total. The molecular formula is C19H26N2O5S. The Morgan fingerprint density at radius 2 is 1.81 bits per heavy atom. The van der Waals surface area contributed by atoms with Crippen LogP contribution in [0.1, 0.15) is 19.3 Å². The predicted molar refractivity (Wildman–Crippen MR) is 101 cm³/mol. The van der Waals surface area contributed by atoms with Crippen molar-refractivity contribution in [3.63, 3.8) is 0 Å². The number of rotatable bonds is 6. The molecule has 0 radical (unpaired) electrons. The third-order valence-electron chi connectivity index (χ3n) is 5.13. The number of hydrogen-bond acceptors (Lipinski definition) is 5. The molecule has 0 spiro atoms. The van der Waals surface area contributed by atoms with Gasteiger partial charge in [0.2, 0.25) is 15.9 Å². The van der Waals surface area contributed by atoms with Crippen molar-refractivity contribution in [1.29, 1.82) is 0 Å². The maximum atomic E-state index is 12.9. The normalized spacial score (nSPS) is 20.7. The lowest BCUT2D eigenvalue weighted by Crippen LogP contribution is -2.50. The summed E-state index contributed by atoms with van der Waals surface area (Å²) in [7, 11) is -0.668. The Morgan fingerprint density at radius 1 is 1.11 bits per heavy atom. The minimum Gasteiger partial charge on any atom is -0.493 e. The lowest BCUT2D eigenvalue weighted by Gasteiger charge is -2.34. The molecular weight excluding hydrogens is 368 g/mol. The highest BCUT2D eigenvalue weighted by atomic mass is 32.2. The molecule has 1 aliphatic carbocycles. The number of allylic oxidation sites excluding steroid dienone is 2. The maximum Gasteiger partial charge on any atom is 0.243 e. The quantitative estimate of drug-likeness (QED) is 0.689. The molecule has 0 N–H and O–H groups in total. The van der Waals surface area contributed by atoms with E-state index in [2.05, 4.69) is 12.2 Å². The molecule has 0 aromatic heterocycles. The fraction of sp³-hybridized carbons (Fsp3) is 0.526. The molecule has 3 rings (SSSR count). The highest BCUT2D eigenvalue weighted by Crippen LogP contribution is 2.31. The Hall–Kier alpha value is -2.06. The molecule has 0 bridgehead atoms. The molecule has 1 amide bonds. The number of carbonyl (C=O) groups excluding carboxylic acids is 1. The van der Waals surface area contributed by atoms with Gasteiger partial charge >= 0.3 is 0 Å². The van der Waals surface area contributed by atoms with Crippen LogP contribution in [0.5, 0.6) is 11.5 Å². The fourth-order valence-corrected chi connectivity index (χ4v) is 4.96. The molecule has 27 heavy (non-hydrogen) atoms.